The SMILES string of the molecule is CC(C)(C)OC(=O)OCOC(=O)c1cc2ccoc2cc1F. The van der Waals surface area contributed by atoms with Gasteiger partial charge in [-0.2, -0.15) is 0 Å². The van der Waals surface area contributed by atoms with E-state index in [1.807, 2.05) is 0 Å². The molecule has 2 aromatic rings. The van der Waals surface area contributed by atoms with Crippen LogP contribution in [-0.4, -0.2) is 24.5 Å². The van der Waals surface area contributed by atoms with Gasteiger partial charge < -0.3 is 18.6 Å². The van der Waals surface area contributed by atoms with Crippen LogP contribution < -0.4 is 0 Å². The third-order valence-electron chi connectivity index (χ3n) is 2.52. The summed E-state index contributed by atoms with van der Waals surface area (Å²) in [5, 5.41) is 0.557. The smallest absolute Gasteiger partial charge is 0.464 e. The minimum atomic E-state index is -0.981. The summed E-state index contributed by atoms with van der Waals surface area (Å²) >= 11 is 0. The predicted molar refractivity (Wildman–Crippen MR) is 73.8 cm³/mol. The molecule has 7 heteroatoms. The van der Waals surface area contributed by atoms with Crippen LogP contribution in [0.4, 0.5) is 9.18 Å². The summed E-state index contributed by atoms with van der Waals surface area (Å²) in [7, 11) is 0. The molecule has 0 aliphatic heterocycles. The van der Waals surface area contributed by atoms with Gasteiger partial charge in [0.15, 0.2) is 0 Å². The molecular weight excluding hydrogens is 295 g/mol. The van der Waals surface area contributed by atoms with E-state index in [4.69, 9.17) is 9.15 Å². The van der Waals surface area contributed by atoms with Crippen LogP contribution in [0, 0.1) is 5.82 Å². The molecular formula is C15H15FO6. The van der Waals surface area contributed by atoms with Crippen LogP contribution in [-0.2, 0) is 14.2 Å². The zero-order chi connectivity index (χ0) is 16.3. The van der Waals surface area contributed by atoms with Gasteiger partial charge in [0.1, 0.15) is 17.0 Å². The average Bonchev–Trinajstić information content (AvgIpc) is 2.82. The van der Waals surface area contributed by atoms with E-state index in [2.05, 4.69) is 9.47 Å². The maximum atomic E-state index is 13.8. The zero-order valence-corrected chi connectivity index (χ0v) is 12.3. The summed E-state index contributed by atoms with van der Waals surface area (Å²) < 4.78 is 32.9. The maximum Gasteiger partial charge on any atom is 0.511 e. The molecule has 0 saturated carbocycles. The Labute approximate surface area is 125 Å². The van der Waals surface area contributed by atoms with E-state index in [0.29, 0.717) is 11.0 Å². The Morgan fingerprint density at radius 1 is 1.23 bits per heavy atom. The minimum absolute atomic E-state index is 0.276. The van der Waals surface area contributed by atoms with Crippen molar-refractivity contribution in [3.05, 3.63) is 35.8 Å². The fourth-order valence-corrected chi connectivity index (χ4v) is 1.63. The Morgan fingerprint density at radius 3 is 2.64 bits per heavy atom. The van der Waals surface area contributed by atoms with Gasteiger partial charge in [-0.15, -0.1) is 0 Å². The van der Waals surface area contributed by atoms with E-state index in [-0.39, 0.29) is 5.56 Å². The Balaban J connectivity index is 1.94. The van der Waals surface area contributed by atoms with Crippen LogP contribution in [0.2, 0.25) is 0 Å². The highest BCUT2D eigenvalue weighted by molar-refractivity contribution is 5.94. The number of benzene rings is 1. The van der Waals surface area contributed by atoms with Gasteiger partial charge in [-0.3, -0.25) is 0 Å². The molecule has 0 N–H and O–H groups in total. The zero-order valence-electron chi connectivity index (χ0n) is 12.3. The van der Waals surface area contributed by atoms with Crippen molar-refractivity contribution in [3.63, 3.8) is 0 Å². The standard InChI is InChI=1S/C15H15FO6/c1-15(2,3)22-14(18)21-8-20-13(17)10-6-9-4-5-19-12(9)7-11(10)16/h4-7H,8H2,1-3H3. The topological polar surface area (TPSA) is 75.0 Å². The predicted octanol–water partition coefficient (Wildman–Crippen LogP) is 3.64. The van der Waals surface area contributed by atoms with E-state index in [0.717, 1.165) is 6.07 Å². The van der Waals surface area contributed by atoms with Crippen LogP contribution in [0.15, 0.2) is 28.9 Å². The first kappa shape index (κ1) is 15.8. The maximum absolute atomic E-state index is 13.8. The minimum Gasteiger partial charge on any atom is -0.464 e. The summed E-state index contributed by atoms with van der Waals surface area (Å²) in [5.74, 6) is -1.74. The second-order valence-electron chi connectivity index (χ2n) is 5.45. The van der Waals surface area contributed by atoms with E-state index >= 15 is 0 Å². The first-order chi connectivity index (χ1) is 10.3. The molecule has 0 atom stereocenters. The third kappa shape index (κ3) is 3.97. The van der Waals surface area contributed by atoms with Gasteiger partial charge in [-0.05, 0) is 32.9 Å². The second-order valence-corrected chi connectivity index (χ2v) is 5.45. The van der Waals surface area contributed by atoms with Gasteiger partial charge >= 0.3 is 12.1 Å². The molecule has 0 amide bonds. The van der Waals surface area contributed by atoms with Crippen molar-refractivity contribution in [1.82, 2.24) is 0 Å². The molecule has 22 heavy (non-hydrogen) atoms. The van der Waals surface area contributed by atoms with E-state index in [9.17, 15) is 14.0 Å². The summed E-state index contributed by atoms with van der Waals surface area (Å²) in [6, 6.07) is 3.97. The van der Waals surface area contributed by atoms with Crippen molar-refractivity contribution >= 4 is 23.1 Å². The monoisotopic (exact) mass is 310 g/mol. The first-order valence-electron chi connectivity index (χ1n) is 6.46. The van der Waals surface area contributed by atoms with Crippen LogP contribution in [0.25, 0.3) is 11.0 Å². The highest BCUT2D eigenvalue weighted by Gasteiger charge is 2.19. The molecule has 1 aromatic heterocycles. The fraction of sp³-hybridized carbons (Fsp3) is 0.333. The van der Waals surface area contributed by atoms with Crippen LogP contribution >= 0.6 is 0 Å². The fourth-order valence-electron chi connectivity index (χ4n) is 1.63. The molecule has 0 radical (unpaired) electrons. The highest BCUT2D eigenvalue weighted by Crippen LogP contribution is 2.21. The highest BCUT2D eigenvalue weighted by atomic mass is 19.1. The molecule has 2 rings (SSSR count). The van der Waals surface area contributed by atoms with Crippen molar-refractivity contribution in [2.75, 3.05) is 6.79 Å². The van der Waals surface area contributed by atoms with Gasteiger partial charge in [0.25, 0.3) is 0 Å². The van der Waals surface area contributed by atoms with Crippen molar-refractivity contribution in [2.24, 2.45) is 0 Å². The molecule has 6 nitrogen and oxygen atoms in total. The molecule has 0 saturated heterocycles. The number of esters is 1. The Hall–Kier alpha value is -2.57. The summed E-state index contributed by atoms with van der Waals surface area (Å²) in [4.78, 5) is 23.0. The van der Waals surface area contributed by atoms with Crippen molar-refractivity contribution < 1.29 is 32.6 Å². The lowest BCUT2D eigenvalue weighted by molar-refractivity contribution is -0.0525. The third-order valence-corrected chi connectivity index (χ3v) is 2.52. The van der Waals surface area contributed by atoms with Gasteiger partial charge in [0, 0.05) is 11.5 Å². The van der Waals surface area contributed by atoms with Gasteiger partial charge in [-0.1, -0.05) is 0 Å². The molecule has 0 unspecified atom stereocenters. The summed E-state index contributed by atoms with van der Waals surface area (Å²) in [6.45, 7) is 4.32. The number of furan rings is 1. The van der Waals surface area contributed by atoms with E-state index < -0.39 is 30.3 Å². The average molecular weight is 310 g/mol. The molecule has 1 aromatic carbocycles. The normalized spacial score (nSPS) is 11.3. The molecule has 1 heterocycles. The second kappa shape index (κ2) is 6.05. The molecule has 0 aliphatic rings. The molecule has 118 valence electrons. The van der Waals surface area contributed by atoms with Crippen LogP contribution in [0.5, 0.6) is 0 Å². The lowest BCUT2D eigenvalue weighted by Gasteiger charge is -2.18. The summed E-state index contributed by atoms with van der Waals surface area (Å²) in [5.41, 5.74) is -0.680. The van der Waals surface area contributed by atoms with Gasteiger partial charge in [0.05, 0.1) is 11.8 Å². The van der Waals surface area contributed by atoms with Crippen LogP contribution in [0.1, 0.15) is 31.1 Å². The number of ether oxygens (including phenoxy) is 3. The van der Waals surface area contributed by atoms with Crippen molar-refractivity contribution in [2.45, 2.75) is 26.4 Å². The first-order valence-corrected chi connectivity index (χ1v) is 6.46. The number of carbonyl (C=O) groups is 2. The van der Waals surface area contributed by atoms with E-state index in [1.165, 1.54) is 12.3 Å². The number of hydrogen-bond donors (Lipinski definition) is 0. The number of rotatable bonds is 3. The van der Waals surface area contributed by atoms with Crippen molar-refractivity contribution in [3.8, 4) is 0 Å². The summed E-state index contributed by atoms with van der Waals surface area (Å²) in [6.07, 6.45) is 0.399. The Morgan fingerprint density at radius 2 is 1.95 bits per heavy atom. The molecule has 0 bridgehead atoms. The Kier molecular flexibility index (Phi) is 4.35. The lowest BCUT2D eigenvalue weighted by atomic mass is 10.1. The number of fused-ring (bicyclic) bond motifs is 1. The lowest BCUT2D eigenvalue weighted by Crippen LogP contribution is -2.25. The van der Waals surface area contributed by atoms with Crippen molar-refractivity contribution in [1.29, 1.82) is 0 Å². The van der Waals surface area contributed by atoms with Gasteiger partial charge in [0.2, 0.25) is 6.79 Å². The van der Waals surface area contributed by atoms with Crippen LogP contribution in [0.3, 0.4) is 0 Å². The number of carbonyl (C=O) groups excluding carboxylic acids is 2. The molecule has 0 fully saturated rings. The Bertz CT molecular complexity index is 698. The number of hydrogen-bond acceptors (Lipinski definition) is 6. The molecule has 0 aliphatic carbocycles. The quantitative estimate of drug-likeness (QED) is 0.636. The molecule has 0 spiro atoms. The largest absolute Gasteiger partial charge is 0.511 e. The van der Waals surface area contributed by atoms with E-state index in [1.54, 1.807) is 26.8 Å². The van der Waals surface area contributed by atoms with Gasteiger partial charge in [-0.25, -0.2) is 14.0 Å². The number of halogens is 1.